The van der Waals surface area contributed by atoms with Gasteiger partial charge in [-0.25, -0.2) is 0 Å². The molecule has 4 heteroatoms. The third kappa shape index (κ3) is 3.30. The molecule has 4 aromatic rings. The van der Waals surface area contributed by atoms with Gasteiger partial charge in [-0.1, -0.05) is 36.4 Å². The zero-order valence-corrected chi connectivity index (χ0v) is 16.8. The van der Waals surface area contributed by atoms with E-state index in [-0.39, 0.29) is 5.78 Å². The summed E-state index contributed by atoms with van der Waals surface area (Å²) in [6, 6.07) is 22.4. The molecular formula is C25H19NO2S. The monoisotopic (exact) mass is 397 g/mol. The highest BCUT2D eigenvalue weighted by atomic mass is 32.2. The number of rotatable bonds is 5. The molecule has 3 aromatic carbocycles. The molecule has 0 amide bonds. The minimum Gasteiger partial charge on any atom is -0.497 e. The van der Waals surface area contributed by atoms with E-state index < -0.39 is 0 Å². The Labute approximate surface area is 173 Å². The van der Waals surface area contributed by atoms with Crippen LogP contribution >= 0.6 is 11.8 Å². The molecule has 3 nitrogen and oxygen atoms in total. The Morgan fingerprint density at radius 1 is 1.00 bits per heavy atom. The maximum absolute atomic E-state index is 12.9. The van der Waals surface area contributed by atoms with Gasteiger partial charge in [0, 0.05) is 28.1 Å². The van der Waals surface area contributed by atoms with E-state index in [0.29, 0.717) is 5.75 Å². The molecule has 142 valence electrons. The number of ether oxygens (including phenoxy) is 1. The van der Waals surface area contributed by atoms with Gasteiger partial charge in [-0.15, -0.1) is 11.8 Å². The number of Topliss-reactive ketones (excluding diaryl/α,β-unsaturated/α-hetero) is 1. The maximum Gasteiger partial charge on any atom is 0.173 e. The molecule has 0 saturated heterocycles. The smallest absolute Gasteiger partial charge is 0.173 e. The van der Waals surface area contributed by atoms with Crippen molar-refractivity contribution in [1.29, 1.82) is 0 Å². The fraction of sp³-hybridized carbons (Fsp3) is 0.120. The number of thioether (sulfide) groups is 1. The van der Waals surface area contributed by atoms with E-state index in [1.165, 1.54) is 22.3 Å². The van der Waals surface area contributed by atoms with E-state index in [0.717, 1.165) is 33.5 Å². The Balaban J connectivity index is 1.36. The predicted molar refractivity (Wildman–Crippen MR) is 118 cm³/mol. The van der Waals surface area contributed by atoms with Crippen molar-refractivity contribution in [2.75, 3.05) is 12.9 Å². The van der Waals surface area contributed by atoms with Crippen LogP contribution in [0.25, 0.3) is 22.0 Å². The second-order valence-corrected chi connectivity index (χ2v) is 8.13. The minimum absolute atomic E-state index is 0.146. The predicted octanol–water partition coefficient (Wildman–Crippen LogP) is 5.79. The lowest BCUT2D eigenvalue weighted by Crippen LogP contribution is -2.03. The van der Waals surface area contributed by atoms with E-state index in [1.807, 2.05) is 30.3 Å². The molecule has 1 heterocycles. The van der Waals surface area contributed by atoms with Crippen LogP contribution < -0.4 is 4.74 Å². The third-order valence-corrected chi connectivity index (χ3v) is 6.46. The van der Waals surface area contributed by atoms with Crippen molar-refractivity contribution in [2.24, 2.45) is 0 Å². The van der Waals surface area contributed by atoms with Gasteiger partial charge in [-0.3, -0.25) is 9.78 Å². The van der Waals surface area contributed by atoms with Crippen LogP contribution in [-0.4, -0.2) is 23.6 Å². The topological polar surface area (TPSA) is 39.2 Å². The van der Waals surface area contributed by atoms with Gasteiger partial charge in [0.2, 0.25) is 0 Å². The summed E-state index contributed by atoms with van der Waals surface area (Å²) >= 11 is 1.56. The molecule has 5 rings (SSSR count). The average molecular weight is 397 g/mol. The Bertz CT molecular complexity index is 1250. The zero-order chi connectivity index (χ0) is 19.8. The SMILES string of the molecule is COc1ccc2c(SCC(=O)c3ccc4c(c3)Cc3ccccc3-4)ccnc2c1. The number of methoxy groups -OCH3 is 1. The van der Waals surface area contributed by atoms with Gasteiger partial charge in [0.1, 0.15) is 5.75 Å². The van der Waals surface area contributed by atoms with Crippen LogP contribution in [0.2, 0.25) is 0 Å². The molecule has 1 aliphatic rings. The first-order chi connectivity index (χ1) is 14.2. The molecule has 0 N–H and O–H groups in total. The first-order valence-corrected chi connectivity index (χ1v) is 10.5. The molecule has 0 bridgehead atoms. The van der Waals surface area contributed by atoms with Crippen LogP contribution in [0.4, 0.5) is 0 Å². The largest absolute Gasteiger partial charge is 0.497 e. The number of fused-ring (bicyclic) bond motifs is 4. The third-order valence-electron chi connectivity index (χ3n) is 5.38. The highest BCUT2D eigenvalue weighted by molar-refractivity contribution is 8.00. The minimum atomic E-state index is 0.146. The summed E-state index contributed by atoms with van der Waals surface area (Å²) in [5.41, 5.74) is 6.76. The highest BCUT2D eigenvalue weighted by Gasteiger charge is 2.19. The van der Waals surface area contributed by atoms with Gasteiger partial charge in [-0.2, -0.15) is 0 Å². The lowest BCUT2D eigenvalue weighted by molar-refractivity contribution is 0.102. The lowest BCUT2D eigenvalue weighted by Gasteiger charge is -2.08. The van der Waals surface area contributed by atoms with Gasteiger partial charge in [0.05, 0.1) is 18.4 Å². The molecule has 0 unspecified atom stereocenters. The Morgan fingerprint density at radius 2 is 1.86 bits per heavy atom. The second-order valence-electron chi connectivity index (χ2n) is 7.11. The van der Waals surface area contributed by atoms with Gasteiger partial charge in [0.25, 0.3) is 0 Å². The molecule has 0 aliphatic heterocycles. The summed E-state index contributed by atoms with van der Waals surface area (Å²) in [4.78, 5) is 18.3. The summed E-state index contributed by atoms with van der Waals surface area (Å²) in [6.45, 7) is 0. The summed E-state index contributed by atoms with van der Waals surface area (Å²) in [5.74, 6) is 1.33. The van der Waals surface area contributed by atoms with Gasteiger partial charge < -0.3 is 4.74 Å². The number of benzene rings is 3. The molecule has 0 radical (unpaired) electrons. The van der Waals surface area contributed by atoms with Crippen molar-refractivity contribution in [3.8, 4) is 16.9 Å². The number of carbonyl (C=O) groups is 1. The van der Waals surface area contributed by atoms with Gasteiger partial charge >= 0.3 is 0 Å². The molecule has 1 aliphatic carbocycles. The summed E-state index contributed by atoms with van der Waals surface area (Å²) in [7, 11) is 1.65. The average Bonchev–Trinajstić information content (AvgIpc) is 3.14. The van der Waals surface area contributed by atoms with Crippen LogP contribution in [0.3, 0.4) is 0 Å². The number of hydrogen-bond donors (Lipinski definition) is 0. The van der Waals surface area contributed by atoms with Crippen LogP contribution in [0.5, 0.6) is 5.75 Å². The van der Waals surface area contributed by atoms with Crippen molar-refractivity contribution < 1.29 is 9.53 Å². The van der Waals surface area contributed by atoms with E-state index in [4.69, 9.17) is 4.74 Å². The molecule has 29 heavy (non-hydrogen) atoms. The fourth-order valence-electron chi connectivity index (χ4n) is 3.90. The zero-order valence-electron chi connectivity index (χ0n) is 16.0. The summed E-state index contributed by atoms with van der Waals surface area (Å²) < 4.78 is 5.28. The number of ketones is 1. The van der Waals surface area contributed by atoms with E-state index >= 15 is 0 Å². The molecule has 0 atom stereocenters. The van der Waals surface area contributed by atoms with Crippen molar-refractivity contribution >= 4 is 28.4 Å². The Morgan fingerprint density at radius 3 is 2.76 bits per heavy atom. The molecule has 0 fully saturated rings. The Hall–Kier alpha value is -3.11. The van der Waals surface area contributed by atoms with Crippen LogP contribution in [0.1, 0.15) is 21.5 Å². The number of pyridine rings is 1. The van der Waals surface area contributed by atoms with E-state index in [1.54, 1.807) is 25.1 Å². The van der Waals surface area contributed by atoms with Crippen LogP contribution in [-0.2, 0) is 6.42 Å². The first-order valence-electron chi connectivity index (χ1n) is 9.53. The maximum atomic E-state index is 12.9. The summed E-state index contributed by atoms with van der Waals surface area (Å²) in [5, 5.41) is 1.04. The van der Waals surface area contributed by atoms with E-state index in [2.05, 4.69) is 41.4 Å². The van der Waals surface area contributed by atoms with Crippen LogP contribution in [0, 0.1) is 0 Å². The van der Waals surface area contributed by atoms with Crippen molar-refractivity contribution in [3.63, 3.8) is 0 Å². The quantitative estimate of drug-likeness (QED) is 0.278. The molecule has 1 aromatic heterocycles. The van der Waals surface area contributed by atoms with Gasteiger partial charge in [-0.05, 0) is 52.9 Å². The standard InChI is InChI=1S/C25H19NO2S/c1-28-19-7-9-22-23(14-19)26-11-10-25(22)29-15-24(27)17-6-8-21-18(13-17)12-16-4-2-3-5-20(16)21/h2-11,13-14H,12,15H2,1H3. The van der Waals surface area contributed by atoms with Crippen molar-refractivity contribution in [1.82, 2.24) is 4.98 Å². The number of nitrogens with zero attached hydrogens (tertiary/aromatic N) is 1. The Kier molecular flexibility index (Phi) is 4.57. The molecule has 0 saturated carbocycles. The second kappa shape index (κ2) is 7.37. The van der Waals surface area contributed by atoms with Crippen LogP contribution in [0.15, 0.2) is 77.8 Å². The van der Waals surface area contributed by atoms with Crippen molar-refractivity contribution in [3.05, 3.63) is 89.6 Å². The van der Waals surface area contributed by atoms with E-state index in [9.17, 15) is 4.79 Å². The normalized spacial score (nSPS) is 11.9. The fourth-order valence-corrected chi connectivity index (χ4v) is 4.84. The lowest BCUT2D eigenvalue weighted by atomic mass is 10.0. The van der Waals surface area contributed by atoms with Crippen molar-refractivity contribution in [2.45, 2.75) is 11.3 Å². The number of carbonyl (C=O) groups excluding carboxylic acids is 1. The molecular weight excluding hydrogens is 378 g/mol. The number of hydrogen-bond acceptors (Lipinski definition) is 4. The first kappa shape index (κ1) is 18.0. The van der Waals surface area contributed by atoms with Gasteiger partial charge in [0.15, 0.2) is 5.78 Å². The molecule has 0 spiro atoms. The summed E-state index contributed by atoms with van der Waals surface area (Å²) in [6.07, 6.45) is 2.68. The number of aromatic nitrogens is 1. The highest BCUT2D eigenvalue weighted by Crippen LogP contribution is 2.37.